The molecule has 0 radical (unpaired) electrons. The maximum Gasteiger partial charge on any atom is 0.471 e. The van der Waals surface area contributed by atoms with Gasteiger partial charge in [-0.25, -0.2) is 4.98 Å². The molecule has 3 rings (SSSR count). The highest BCUT2D eigenvalue weighted by molar-refractivity contribution is 7.09. The van der Waals surface area contributed by atoms with Gasteiger partial charge in [-0.2, -0.15) is 17.5 Å². The van der Waals surface area contributed by atoms with Gasteiger partial charge in [-0.05, 0) is 37.5 Å². The summed E-state index contributed by atoms with van der Waals surface area (Å²) in [6, 6.07) is 4.77. The number of nitrogens with one attached hydrogen (secondary N) is 1. The predicted octanol–water partition coefficient (Wildman–Crippen LogP) is 4.44. The summed E-state index contributed by atoms with van der Waals surface area (Å²) in [6.45, 7) is 1.64. The smallest absolute Gasteiger partial charge is 0.371 e. The summed E-state index contributed by atoms with van der Waals surface area (Å²) in [4.78, 5) is 17.3. The molecule has 2 heterocycles. The summed E-state index contributed by atoms with van der Waals surface area (Å²) in [5.41, 5.74) is 0.791. The predicted molar refractivity (Wildman–Crippen MR) is 91.3 cm³/mol. The Morgan fingerprint density at radius 3 is 2.62 bits per heavy atom. The van der Waals surface area contributed by atoms with Crippen molar-refractivity contribution in [2.45, 2.75) is 25.4 Å². The van der Waals surface area contributed by atoms with E-state index in [0.717, 1.165) is 49.6 Å². The Bertz CT molecular complexity index is 787. The molecule has 1 saturated heterocycles. The molecule has 1 fully saturated rings. The average molecular weight is 384 g/mol. The minimum absolute atomic E-state index is 0.0522. The van der Waals surface area contributed by atoms with E-state index in [9.17, 15) is 18.0 Å². The highest BCUT2D eigenvalue weighted by Gasteiger charge is 2.39. The van der Waals surface area contributed by atoms with Crippen molar-refractivity contribution in [2.75, 3.05) is 23.3 Å². The number of aromatic nitrogens is 2. The lowest BCUT2D eigenvalue weighted by molar-refractivity contribution is -0.167. The minimum Gasteiger partial charge on any atom is -0.371 e. The van der Waals surface area contributed by atoms with Gasteiger partial charge in [0.05, 0.1) is 5.69 Å². The van der Waals surface area contributed by atoms with Crippen LogP contribution < -0.4 is 10.2 Å². The Hall–Kier alpha value is -2.56. The molecule has 0 spiro atoms. The van der Waals surface area contributed by atoms with Crippen LogP contribution in [0.5, 0.6) is 0 Å². The van der Waals surface area contributed by atoms with Crippen molar-refractivity contribution in [3.05, 3.63) is 24.5 Å². The van der Waals surface area contributed by atoms with Gasteiger partial charge >= 0.3 is 12.1 Å². The first-order chi connectivity index (χ1) is 12.4. The number of alkyl halides is 3. The van der Waals surface area contributed by atoms with E-state index >= 15 is 0 Å². The Labute approximate surface area is 151 Å². The van der Waals surface area contributed by atoms with Gasteiger partial charge < -0.3 is 10.2 Å². The molecule has 1 N–H and O–H groups in total. The van der Waals surface area contributed by atoms with Crippen LogP contribution in [0.25, 0.3) is 0 Å². The van der Waals surface area contributed by atoms with Gasteiger partial charge in [0.15, 0.2) is 0 Å². The third-order valence-electron chi connectivity index (χ3n) is 3.80. The lowest BCUT2D eigenvalue weighted by Gasteiger charge is -2.29. The van der Waals surface area contributed by atoms with Crippen LogP contribution >= 0.6 is 11.5 Å². The largest absolute Gasteiger partial charge is 0.471 e. The molecule has 1 aromatic carbocycles. The average Bonchev–Trinajstić information content (AvgIpc) is 3.14. The topological polar surface area (TPSA) is 82.8 Å². The number of carbonyl (C=O) groups excluding carboxylic acids is 1. The van der Waals surface area contributed by atoms with Crippen molar-refractivity contribution in [3.63, 3.8) is 0 Å². The fourth-order valence-corrected chi connectivity index (χ4v) is 2.92. The summed E-state index contributed by atoms with van der Waals surface area (Å²) < 4.78 is 41.7. The minimum atomic E-state index is -4.99. The zero-order valence-electron chi connectivity index (χ0n) is 13.5. The van der Waals surface area contributed by atoms with Crippen LogP contribution in [0, 0.1) is 0 Å². The number of hydrogen-bond acceptors (Lipinski definition) is 7. The molecular weight excluding hydrogens is 369 g/mol. The third kappa shape index (κ3) is 4.54. The molecule has 0 bridgehead atoms. The van der Waals surface area contributed by atoms with E-state index in [0.29, 0.717) is 0 Å². The summed E-state index contributed by atoms with van der Waals surface area (Å²) in [6.07, 6.45) is -0.534. The number of nitrogens with zero attached hydrogens (tertiary/aromatic N) is 5. The van der Waals surface area contributed by atoms with Crippen LogP contribution in [0.3, 0.4) is 0 Å². The van der Waals surface area contributed by atoms with Crippen LogP contribution in [0.1, 0.15) is 19.3 Å². The molecule has 26 heavy (non-hydrogen) atoms. The number of rotatable bonds is 4. The molecule has 138 valence electrons. The molecular formula is C15H15F3N6OS. The van der Waals surface area contributed by atoms with E-state index in [4.69, 9.17) is 0 Å². The monoisotopic (exact) mass is 384 g/mol. The Morgan fingerprint density at radius 2 is 1.96 bits per heavy atom. The van der Waals surface area contributed by atoms with Gasteiger partial charge in [0.2, 0.25) is 5.13 Å². The van der Waals surface area contributed by atoms with Gasteiger partial charge in [-0.1, -0.05) is 0 Å². The molecule has 1 aliphatic heterocycles. The van der Waals surface area contributed by atoms with Crippen molar-refractivity contribution >= 4 is 39.6 Å². The number of hydrogen-bond donors (Lipinski definition) is 1. The zero-order valence-corrected chi connectivity index (χ0v) is 14.3. The Morgan fingerprint density at radius 1 is 1.19 bits per heavy atom. The van der Waals surface area contributed by atoms with Gasteiger partial charge in [-0.3, -0.25) is 4.79 Å². The van der Waals surface area contributed by atoms with Gasteiger partial charge in [0.25, 0.3) is 0 Å². The van der Waals surface area contributed by atoms with E-state index < -0.39 is 12.1 Å². The molecule has 11 heteroatoms. The summed E-state index contributed by atoms with van der Waals surface area (Å²) in [7, 11) is 0. The molecule has 0 aliphatic carbocycles. The van der Waals surface area contributed by atoms with E-state index in [1.165, 1.54) is 18.5 Å². The van der Waals surface area contributed by atoms with Crippen LogP contribution in [0.15, 0.2) is 34.8 Å². The van der Waals surface area contributed by atoms with Crippen LogP contribution in [-0.4, -0.2) is 34.5 Å². The molecule has 1 aromatic heterocycles. The third-order valence-corrected chi connectivity index (χ3v) is 4.35. The highest BCUT2D eigenvalue weighted by atomic mass is 32.1. The van der Waals surface area contributed by atoms with Crippen molar-refractivity contribution in [3.8, 4) is 0 Å². The molecule has 0 atom stereocenters. The fourth-order valence-electron chi connectivity index (χ4n) is 2.56. The van der Waals surface area contributed by atoms with Crippen LogP contribution in [0.4, 0.5) is 35.4 Å². The number of carbonyl (C=O) groups is 1. The SMILES string of the molecule is O=C(Nc1cc(N2CCCCC2)ccc1N=Nc1ncns1)C(F)(F)F. The molecule has 0 unspecified atom stereocenters. The highest BCUT2D eigenvalue weighted by Crippen LogP contribution is 2.33. The van der Waals surface area contributed by atoms with Crippen LogP contribution in [-0.2, 0) is 4.79 Å². The molecule has 0 saturated carbocycles. The van der Waals surface area contributed by atoms with E-state index in [1.54, 1.807) is 6.07 Å². The summed E-state index contributed by atoms with van der Waals surface area (Å²) >= 11 is 0.995. The number of benzene rings is 1. The maximum absolute atomic E-state index is 12.6. The number of piperidine rings is 1. The lowest BCUT2D eigenvalue weighted by Crippen LogP contribution is -2.31. The van der Waals surface area contributed by atoms with Crippen molar-refractivity contribution in [1.82, 2.24) is 9.36 Å². The van der Waals surface area contributed by atoms with Gasteiger partial charge in [0.1, 0.15) is 12.0 Å². The van der Waals surface area contributed by atoms with Gasteiger partial charge in [0, 0.05) is 30.3 Å². The van der Waals surface area contributed by atoms with Crippen molar-refractivity contribution in [1.29, 1.82) is 0 Å². The normalized spacial score (nSPS) is 15.4. The second-order valence-corrected chi connectivity index (χ2v) is 6.38. The zero-order chi connectivity index (χ0) is 18.6. The molecule has 1 aliphatic rings. The number of amides is 1. The second-order valence-electron chi connectivity index (χ2n) is 5.62. The van der Waals surface area contributed by atoms with Gasteiger partial charge in [-0.15, -0.1) is 10.2 Å². The van der Waals surface area contributed by atoms with E-state index in [2.05, 4.69) is 24.5 Å². The van der Waals surface area contributed by atoms with Crippen molar-refractivity contribution < 1.29 is 18.0 Å². The Kier molecular flexibility index (Phi) is 5.45. The lowest BCUT2D eigenvalue weighted by atomic mass is 10.1. The number of halogens is 3. The second kappa shape index (κ2) is 7.77. The quantitative estimate of drug-likeness (QED) is 0.790. The van der Waals surface area contributed by atoms with E-state index in [1.807, 2.05) is 5.32 Å². The molecule has 7 nitrogen and oxygen atoms in total. The summed E-state index contributed by atoms with van der Waals surface area (Å²) in [5, 5.41) is 9.88. The first-order valence-corrected chi connectivity index (χ1v) is 8.66. The maximum atomic E-state index is 12.6. The van der Waals surface area contributed by atoms with Crippen LogP contribution in [0.2, 0.25) is 0 Å². The number of azo groups is 1. The molecule has 2 aromatic rings. The molecule has 1 amide bonds. The first kappa shape index (κ1) is 18.2. The Balaban J connectivity index is 1.90. The standard InChI is InChI=1S/C15H15F3N6OS/c16-15(17,18)13(25)21-12-8-10(24-6-2-1-3-7-24)4-5-11(12)22-23-14-19-9-20-26-14/h4-5,8-9H,1-3,6-7H2,(H,21,25). The summed E-state index contributed by atoms with van der Waals surface area (Å²) in [5.74, 6) is -2.05. The number of anilines is 2. The van der Waals surface area contributed by atoms with Crippen molar-refractivity contribution in [2.24, 2.45) is 10.2 Å². The fraction of sp³-hybridized carbons (Fsp3) is 0.400. The van der Waals surface area contributed by atoms with E-state index in [-0.39, 0.29) is 16.5 Å². The first-order valence-electron chi connectivity index (χ1n) is 7.89.